The number of nitrogens with zero attached hydrogens (tertiary/aromatic N) is 4. The van der Waals surface area contributed by atoms with Crippen molar-refractivity contribution >= 4 is 12.0 Å². The normalized spacial score (nSPS) is 26.0. The number of hydrogen-bond acceptors (Lipinski definition) is 4. The van der Waals surface area contributed by atoms with E-state index in [1.54, 1.807) is 4.68 Å². The van der Waals surface area contributed by atoms with Gasteiger partial charge in [-0.3, -0.25) is 14.4 Å². The van der Waals surface area contributed by atoms with Gasteiger partial charge in [-0.05, 0) is 31.6 Å². The molecule has 1 saturated carbocycles. The van der Waals surface area contributed by atoms with Crippen LogP contribution in [0, 0.1) is 11.8 Å². The first-order chi connectivity index (χ1) is 12.0. The van der Waals surface area contributed by atoms with Gasteiger partial charge in [0.2, 0.25) is 0 Å². The summed E-state index contributed by atoms with van der Waals surface area (Å²) in [4.78, 5) is 27.5. The highest BCUT2D eigenvalue weighted by molar-refractivity contribution is 5.94. The minimum absolute atomic E-state index is 0.0201. The van der Waals surface area contributed by atoms with Gasteiger partial charge in [0.1, 0.15) is 5.69 Å². The van der Waals surface area contributed by atoms with E-state index in [9.17, 15) is 9.59 Å². The lowest BCUT2D eigenvalue weighted by Gasteiger charge is -2.20. The number of amides is 2. The maximum Gasteiger partial charge on any atom is 0.407 e. The molecule has 2 N–H and O–H groups in total. The summed E-state index contributed by atoms with van der Waals surface area (Å²) in [6.07, 6.45) is 3.13. The van der Waals surface area contributed by atoms with Crippen molar-refractivity contribution in [3.63, 3.8) is 0 Å². The topological polar surface area (TPSA) is 90.7 Å². The molecule has 1 aromatic heterocycles. The van der Waals surface area contributed by atoms with E-state index < -0.39 is 6.09 Å². The number of aryl methyl sites for hydroxylation is 1. The van der Waals surface area contributed by atoms with E-state index in [1.807, 2.05) is 13.1 Å². The molecule has 2 unspecified atom stereocenters. The Kier molecular flexibility index (Phi) is 4.15. The van der Waals surface area contributed by atoms with Gasteiger partial charge in [-0.25, -0.2) is 4.79 Å². The van der Waals surface area contributed by atoms with Gasteiger partial charge < -0.3 is 15.3 Å². The SMILES string of the molecule is CCn1ncc(CN2CC3CN(C(=O)O)CC3C2)c1C(=O)NC1CC1. The number of carbonyl (C=O) groups excluding carboxylic acids is 1. The fourth-order valence-electron chi connectivity index (χ4n) is 4.14. The first-order valence-corrected chi connectivity index (χ1v) is 9.11. The highest BCUT2D eigenvalue weighted by Crippen LogP contribution is 2.32. The first kappa shape index (κ1) is 16.4. The Labute approximate surface area is 146 Å². The van der Waals surface area contributed by atoms with Gasteiger partial charge >= 0.3 is 6.09 Å². The van der Waals surface area contributed by atoms with E-state index in [-0.39, 0.29) is 5.91 Å². The zero-order valence-corrected chi connectivity index (χ0v) is 14.5. The highest BCUT2D eigenvalue weighted by Gasteiger charge is 2.41. The van der Waals surface area contributed by atoms with Crippen molar-refractivity contribution in [1.29, 1.82) is 0 Å². The standard InChI is InChI=1S/C17H25N5O3/c1-2-22-15(16(23)19-14-3-4-14)11(5-18-22)6-20-7-12-9-21(17(24)25)10-13(12)8-20/h5,12-14H,2-4,6-10H2,1H3,(H,19,23)(H,24,25). The zero-order chi connectivity index (χ0) is 17.6. The molecule has 136 valence electrons. The molecule has 3 aliphatic rings. The summed E-state index contributed by atoms with van der Waals surface area (Å²) in [6.45, 7) is 6.38. The molecule has 0 spiro atoms. The molecule has 3 heterocycles. The second-order valence-electron chi connectivity index (χ2n) is 7.48. The Bertz CT molecular complexity index is 670. The molecule has 1 aromatic rings. The van der Waals surface area contributed by atoms with Gasteiger partial charge in [0, 0.05) is 50.9 Å². The third-order valence-corrected chi connectivity index (χ3v) is 5.57. The van der Waals surface area contributed by atoms with E-state index in [2.05, 4.69) is 15.3 Å². The number of fused-ring (bicyclic) bond motifs is 1. The number of likely N-dealkylation sites (tertiary alicyclic amines) is 2. The second kappa shape index (κ2) is 6.33. The number of hydrogen-bond donors (Lipinski definition) is 2. The Hall–Kier alpha value is -2.09. The second-order valence-corrected chi connectivity index (χ2v) is 7.48. The van der Waals surface area contributed by atoms with Crippen LogP contribution < -0.4 is 5.32 Å². The van der Waals surface area contributed by atoms with E-state index in [0.29, 0.717) is 49.8 Å². The summed E-state index contributed by atoms with van der Waals surface area (Å²) in [5.74, 6) is 0.787. The molecule has 25 heavy (non-hydrogen) atoms. The quantitative estimate of drug-likeness (QED) is 0.824. The summed E-state index contributed by atoms with van der Waals surface area (Å²) >= 11 is 0. The number of carboxylic acid groups (broad SMARTS) is 1. The zero-order valence-electron chi connectivity index (χ0n) is 14.5. The predicted molar refractivity (Wildman–Crippen MR) is 90.2 cm³/mol. The molecule has 2 atom stereocenters. The molecule has 2 aliphatic heterocycles. The van der Waals surface area contributed by atoms with Crippen molar-refractivity contribution in [1.82, 2.24) is 24.9 Å². The van der Waals surface area contributed by atoms with Gasteiger partial charge in [-0.1, -0.05) is 0 Å². The van der Waals surface area contributed by atoms with Crippen LogP contribution in [0.2, 0.25) is 0 Å². The molecule has 8 nitrogen and oxygen atoms in total. The van der Waals surface area contributed by atoms with Crippen LogP contribution in [0.1, 0.15) is 35.8 Å². The lowest BCUT2D eigenvalue weighted by molar-refractivity contribution is 0.0938. The lowest BCUT2D eigenvalue weighted by atomic mass is 10.0. The van der Waals surface area contributed by atoms with Gasteiger partial charge in [0.25, 0.3) is 5.91 Å². The van der Waals surface area contributed by atoms with Crippen molar-refractivity contribution in [2.45, 2.75) is 38.9 Å². The number of aromatic nitrogens is 2. The number of rotatable bonds is 5. The van der Waals surface area contributed by atoms with Crippen LogP contribution in [-0.2, 0) is 13.1 Å². The summed E-state index contributed by atoms with van der Waals surface area (Å²) in [5.41, 5.74) is 1.65. The Balaban J connectivity index is 1.43. The van der Waals surface area contributed by atoms with Gasteiger partial charge in [-0.15, -0.1) is 0 Å². The van der Waals surface area contributed by atoms with Gasteiger partial charge in [-0.2, -0.15) is 5.10 Å². The monoisotopic (exact) mass is 347 g/mol. The van der Waals surface area contributed by atoms with Crippen LogP contribution in [-0.4, -0.2) is 68.9 Å². The molecular formula is C17H25N5O3. The average Bonchev–Trinajstić information content (AvgIpc) is 2.99. The Morgan fingerprint density at radius 3 is 2.48 bits per heavy atom. The smallest absolute Gasteiger partial charge is 0.407 e. The van der Waals surface area contributed by atoms with E-state index >= 15 is 0 Å². The van der Waals surface area contributed by atoms with Crippen LogP contribution in [0.5, 0.6) is 0 Å². The van der Waals surface area contributed by atoms with Crippen molar-refractivity contribution in [3.05, 3.63) is 17.5 Å². The van der Waals surface area contributed by atoms with Crippen LogP contribution in [0.25, 0.3) is 0 Å². The minimum atomic E-state index is -0.816. The minimum Gasteiger partial charge on any atom is -0.465 e. The summed E-state index contributed by atoms with van der Waals surface area (Å²) < 4.78 is 1.77. The molecule has 2 amide bonds. The molecule has 8 heteroatoms. The Morgan fingerprint density at radius 2 is 1.92 bits per heavy atom. The molecular weight excluding hydrogens is 322 g/mol. The van der Waals surface area contributed by atoms with Crippen LogP contribution in [0.15, 0.2) is 6.20 Å². The molecule has 0 aromatic carbocycles. The molecule has 3 fully saturated rings. The number of carbonyl (C=O) groups is 2. The van der Waals surface area contributed by atoms with Crippen molar-refractivity contribution < 1.29 is 14.7 Å². The highest BCUT2D eigenvalue weighted by atomic mass is 16.4. The van der Waals surface area contributed by atoms with Crippen LogP contribution in [0.4, 0.5) is 4.79 Å². The maximum absolute atomic E-state index is 12.6. The summed E-state index contributed by atoms with van der Waals surface area (Å²) in [7, 11) is 0. The molecule has 4 rings (SSSR count). The molecule has 0 bridgehead atoms. The Morgan fingerprint density at radius 1 is 1.24 bits per heavy atom. The predicted octanol–water partition coefficient (Wildman–Crippen LogP) is 0.837. The van der Waals surface area contributed by atoms with Crippen LogP contribution in [0.3, 0.4) is 0 Å². The molecule has 1 aliphatic carbocycles. The summed E-state index contributed by atoms with van der Waals surface area (Å²) in [6, 6.07) is 0.328. The fourth-order valence-corrected chi connectivity index (χ4v) is 4.14. The van der Waals surface area contributed by atoms with Crippen molar-refractivity contribution in [2.75, 3.05) is 26.2 Å². The molecule has 0 radical (unpaired) electrons. The number of nitrogens with one attached hydrogen (secondary N) is 1. The fraction of sp³-hybridized carbons (Fsp3) is 0.706. The van der Waals surface area contributed by atoms with Crippen molar-refractivity contribution in [2.24, 2.45) is 11.8 Å². The third kappa shape index (κ3) is 3.22. The summed E-state index contributed by atoms with van der Waals surface area (Å²) in [5, 5.41) is 16.6. The third-order valence-electron chi connectivity index (χ3n) is 5.57. The van der Waals surface area contributed by atoms with Crippen LogP contribution >= 0.6 is 0 Å². The van der Waals surface area contributed by atoms with Gasteiger partial charge in [0.15, 0.2) is 0 Å². The average molecular weight is 347 g/mol. The first-order valence-electron chi connectivity index (χ1n) is 9.11. The largest absolute Gasteiger partial charge is 0.465 e. The molecule has 2 saturated heterocycles. The lowest BCUT2D eigenvalue weighted by Crippen LogP contribution is -2.33. The van der Waals surface area contributed by atoms with Gasteiger partial charge in [0.05, 0.1) is 6.20 Å². The van der Waals surface area contributed by atoms with E-state index in [4.69, 9.17) is 5.11 Å². The van der Waals surface area contributed by atoms with Crippen molar-refractivity contribution in [3.8, 4) is 0 Å². The maximum atomic E-state index is 12.6. The van der Waals surface area contributed by atoms with E-state index in [0.717, 1.165) is 31.5 Å². The van der Waals surface area contributed by atoms with E-state index in [1.165, 1.54) is 4.90 Å².